The van der Waals surface area contributed by atoms with Crippen LogP contribution in [0.5, 0.6) is 11.6 Å². The van der Waals surface area contributed by atoms with E-state index in [1.165, 1.54) is 0 Å². The molecule has 0 aliphatic carbocycles. The van der Waals surface area contributed by atoms with E-state index in [1.807, 2.05) is 29.2 Å². The molecule has 0 saturated heterocycles. The van der Waals surface area contributed by atoms with E-state index in [-0.39, 0.29) is 0 Å². The van der Waals surface area contributed by atoms with Crippen LogP contribution in [-0.4, -0.2) is 26.3 Å². The normalized spacial score (nSPS) is 11.0. The van der Waals surface area contributed by atoms with Gasteiger partial charge in [0.25, 0.3) is 0 Å². The molecule has 0 radical (unpaired) electrons. The lowest BCUT2D eigenvalue weighted by Crippen LogP contribution is -2.02. The van der Waals surface area contributed by atoms with Gasteiger partial charge in [-0.05, 0) is 24.8 Å². The number of anilines is 1. The molecule has 3 aromatic heterocycles. The van der Waals surface area contributed by atoms with Gasteiger partial charge in [0.05, 0.1) is 17.8 Å². The summed E-state index contributed by atoms with van der Waals surface area (Å²) >= 11 is 1.57. The number of aryl methyl sites for hydroxylation is 1. The molecule has 0 bridgehead atoms. The van der Waals surface area contributed by atoms with Gasteiger partial charge < -0.3 is 10.1 Å². The van der Waals surface area contributed by atoms with E-state index in [4.69, 9.17) is 4.74 Å². The summed E-state index contributed by atoms with van der Waals surface area (Å²) in [5.74, 6) is 1.84. The van der Waals surface area contributed by atoms with Gasteiger partial charge in [-0.25, -0.2) is 4.98 Å². The van der Waals surface area contributed by atoms with Gasteiger partial charge in [-0.2, -0.15) is 10.1 Å². The van der Waals surface area contributed by atoms with Crippen LogP contribution in [0.25, 0.3) is 10.2 Å². The summed E-state index contributed by atoms with van der Waals surface area (Å²) in [6.45, 7) is 5.77. The van der Waals surface area contributed by atoms with Crippen LogP contribution in [0.3, 0.4) is 0 Å². The highest BCUT2D eigenvalue weighted by atomic mass is 32.1. The number of hydrogen-bond donors (Lipinski definition) is 1. The summed E-state index contributed by atoms with van der Waals surface area (Å²) in [7, 11) is 0. The predicted octanol–water partition coefficient (Wildman–Crippen LogP) is 3.52. The van der Waals surface area contributed by atoms with E-state index in [2.05, 4.69) is 27.3 Å². The molecule has 0 amide bonds. The number of thiophene rings is 1. The van der Waals surface area contributed by atoms with Crippen LogP contribution in [0, 0.1) is 0 Å². The zero-order valence-electron chi connectivity index (χ0n) is 12.0. The molecule has 0 fully saturated rings. The Labute approximate surface area is 126 Å². The molecule has 7 heteroatoms. The number of fused-ring (bicyclic) bond motifs is 1. The van der Waals surface area contributed by atoms with Crippen molar-refractivity contribution < 1.29 is 4.74 Å². The number of nitrogens with zero attached hydrogens (tertiary/aromatic N) is 4. The summed E-state index contributed by atoms with van der Waals surface area (Å²) in [5, 5.41) is 10.3. The third-order valence-corrected chi connectivity index (χ3v) is 3.71. The van der Waals surface area contributed by atoms with Gasteiger partial charge >= 0.3 is 0 Å². The molecule has 1 N–H and O–H groups in total. The molecule has 0 atom stereocenters. The lowest BCUT2D eigenvalue weighted by Gasteiger charge is -2.06. The fraction of sp³-hybridized carbons (Fsp3) is 0.357. The average Bonchev–Trinajstić information content (AvgIpc) is 3.09. The van der Waals surface area contributed by atoms with Crippen molar-refractivity contribution in [1.82, 2.24) is 19.7 Å². The first kappa shape index (κ1) is 13.8. The van der Waals surface area contributed by atoms with Crippen molar-refractivity contribution >= 4 is 27.5 Å². The van der Waals surface area contributed by atoms with Crippen molar-refractivity contribution in [2.24, 2.45) is 0 Å². The summed E-state index contributed by atoms with van der Waals surface area (Å²) in [5.41, 5.74) is 0. The van der Waals surface area contributed by atoms with Gasteiger partial charge in [-0.3, -0.25) is 4.68 Å². The van der Waals surface area contributed by atoms with Crippen molar-refractivity contribution in [2.45, 2.75) is 26.8 Å². The molecule has 0 aliphatic rings. The number of ether oxygens (including phenoxy) is 1. The van der Waals surface area contributed by atoms with Gasteiger partial charge in [0, 0.05) is 13.1 Å². The standard InChI is InChI=1S/C14H17N5OS/c1-3-6-19-9-10(8-16-19)20-12-11-5-7-21-13(11)18-14(17-12)15-4-2/h5,7-9H,3-4,6H2,1-2H3,(H,15,17,18). The van der Waals surface area contributed by atoms with Crippen molar-refractivity contribution in [2.75, 3.05) is 11.9 Å². The number of hydrogen-bond acceptors (Lipinski definition) is 6. The first-order chi connectivity index (χ1) is 10.3. The molecule has 110 valence electrons. The van der Waals surface area contributed by atoms with Crippen molar-refractivity contribution in [3.05, 3.63) is 23.8 Å². The molecule has 6 nitrogen and oxygen atoms in total. The van der Waals surface area contributed by atoms with Gasteiger partial charge in [0.15, 0.2) is 5.75 Å². The second-order valence-corrected chi connectivity index (χ2v) is 5.46. The molecule has 3 rings (SSSR count). The summed E-state index contributed by atoms with van der Waals surface area (Å²) < 4.78 is 7.76. The van der Waals surface area contributed by atoms with Crippen LogP contribution in [0.2, 0.25) is 0 Å². The first-order valence-corrected chi connectivity index (χ1v) is 7.87. The second-order valence-electron chi connectivity index (χ2n) is 4.56. The number of rotatable bonds is 6. The van der Waals surface area contributed by atoms with Crippen LogP contribution in [0.15, 0.2) is 23.8 Å². The maximum Gasteiger partial charge on any atom is 0.233 e. The molecule has 3 heterocycles. The Morgan fingerprint density at radius 2 is 2.24 bits per heavy atom. The summed E-state index contributed by atoms with van der Waals surface area (Å²) in [6.07, 6.45) is 4.63. The molecule has 0 aliphatic heterocycles. The third-order valence-electron chi connectivity index (χ3n) is 2.90. The van der Waals surface area contributed by atoms with Crippen LogP contribution in [0.1, 0.15) is 20.3 Å². The monoisotopic (exact) mass is 303 g/mol. The molecule has 0 aromatic carbocycles. The number of aromatic nitrogens is 4. The zero-order valence-corrected chi connectivity index (χ0v) is 12.9. The Hall–Kier alpha value is -2.15. The fourth-order valence-electron chi connectivity index (χ4n) is 2.00. The third kappa shape index (κ3) is 2.97. The van der Waals surface area contributed by atoms with Crippen molar-refractivity contribution in [3.8, 4) is 11.6 Å². The molecule has 0 spiro atoms. The van der Waals surface area contributed by atoms with Gasteiger partial charge in [-0.15, -0.1) is 11.3 Å². The maximum absolute atomic E-state index is 5.90. The molecular formula is C14H17N5OS. The summed E-state index contributed by atoms with van der Waals surface area (Å²) in [6, 6.07) is 1.97. The minimum absolute atomic E-state index is 0.563. The van der Waals surface area contributed by atoms with Gasteiger partial charge in [-0.1, -0.05) is 6.92 Å². The average molecular weight is 303 g/mol. The van der Waals surface area contributed by atoms with Crippen LogP contribution in [-0.2, 0) is 6.54 Å². The Morgan fingerprint density at radius 1 is 1.33 bits per heavy atom. The lowest BCUT2D eigenvalue weighted by atomic mass is 10.4. The SMILES string of the molecule is CCCn1cc(Oc2nc(NCC)nc3sccc23)cn1. The zero-order chi connectivity index (χ0) is 14.7. The Kier molecular flexibility index (Phi) is 4.01. The van der Waals surface area contributed by atoms with E-state index < -0.39 is 0 Å². The highest BCUT2D eigenvalue weighted by Crippen LogP contribution is 2.31. The smallest absolute Gasteiger partial charge is 0.233 e. The van der Waals surface area contributed by atoms with E-state index in [9.17, 15) is 0 Å². The highest BCUT2D eigenvalue weighted by Gasteiger charge is 2.11. The van der Waals surface area contributed by atoms with E-state index in [0.29, 0.717) is 17.6 Å². The predicted molar refractivity (Wildman–Crippen MR) is 84.2 cm³/mol. The molecule has 3 aromatic rings. The van der Waals surface area contributed by atoms with Crippen LogP contribution >= 0.6 is 11.3 Å². The Balaban J connectivity index is 1.92. The minimum Gasteiger partial charge on any atom is -0.435 e. The minimum atomic E-state index is 0.563. The van der Waals surface area contributed by atoms with Crippen molar-refractivity contribution in [1.29, 1.82) is 0 Å². The summed E-state index contributed by atoms with van der Waals surface area (Å²) in [4.78, 5) is 9.81. The van der Waals surface area contributed by atoms with E-state index >= 15 is 0 Å². The van der Waals surface area contributed by atoms with Crippen LogP contribution in [0.4, 0.5) is 5.95 Å². The quantitative estimate of drug-likeness (QED) is 0.754. The van der Waals surface area contributed by atoms with Gasteiger partial charge in [0.2, 0.25) is 11.8 Å². The van der Waals surface area contributed by atoms with Crippen molar-refractivity contribution in [3.63, 3.8) is 0 Å². The fourth-order valence-corrected chi connectivity index (χ4v) is 2.76. The molecular weight excluding hydrogens is 286 g/mol. The largest absolute Gasteiger partial charge is 0.435 e. The second kappa shape index (κ2) is 6.09. The Morgan fingerprint density at radius 3 is 3.05 bits per heavy atom. The van der Waals surface area contributed by atoms with Gasteiger partial charge in [0.1, 0.15) is 4.83 Å². The highest BCUT2D eigenvalue weighted by molar-refractivity contribution is 7.16. The number of nitrogens with one attached hydrogen (secondary N) is 1. The topological polar surface area (TPSA) is 64.9 Å². The molecule has 0 unspecified atom stereocenters. The lowest BCUT2D eigenvalue weighted by molar-refractivity contribution is 0.467. The first-order valence-electron chi connectivity index (χ1n) is 6.99. The molecule has 0 saturated carbocycles. The van der Waals surface area contributed by atoms with E-state index in [0.717, 1.165) is 29.7 Å². The van der Waals surface area contributed by atoms with E-state index in [1.54, 1.807) is 17.5 Å². The molecule has 21 heavy (non-hydrogen) atoms. The Bertz CT molecular complexity index is 736. The van der Waals surface area contributed by atoms with Crippen LogP contribution < -0.4 is 10.1 Å². The maximum atomic E-state index is 5.90.